The van der Waals surface area contributed by atoms with E-state index in [2.05, 4.69) is 10.6 Å². The lowest BCUT2D eigenvalue weighted by Crippen LogP contribution is -2.38. The van der Waals surface area contributed by atoms with E-state index in [-0.39, 0.29) is 23.8 Å². The number of carbonyl (C=O) groups excluding carboxylic acids is 2. The summed E-state index contributed by atoms with van der Waals surface area (Å²) in [5.74, 6) is 0.624. The summed E-state index contributed by atoms with van der Waals surface area (Å²) >= 11 is 0. The number of hydrogen-bond acceptors (Lipinski definition) is 3. The molecule has 1 saturated carbocycles. The molecule has 1 aliphatic rings. The second-order valence-electron chi connectivity index (χ2n) is 5.73. The van der Waals surface area contributed by atoms with Gasteiger partial charge in [0.05, 0.1) is 0 Å². The summed E-state index contributed by atoms with van der Waals surface area (Å²) < 4.78 is 0. The van der Waals surface area contributed by atoms with Gasteiger partial charge >= 0.3 is 0 Å². The van der Waals surface area contributed by atoms with Crippen molar-refractivity contribution in [1.82, 2.24) is 10.6 Å². The minimum Gasteiger partial charge on any atom is -0.355 e. The van der Waals surface area contributed by atoms with E-state index >= 15 is 0 Å². The first-order chi connectivity index (χ1) is 9.02. The zero-order chi connectivity index (χ0) is 14.3. The molecule has 5 heteroatoms. The molecule has 0 radical (unpaired) electrons. The van der Waals surface area contributed by atoms with Gasteiger partial charge in [0.1, 0.15) is 0 Å². The molecule has 1 fully saturated rings. The third-order valence-electron chi connectivity index (χ3n) is 3.59. The zero-order valence-electron chi connectivity index (χ0n) is 12.1. The highest BCUT2D eigenvalue weighted by Crippen LogP contribution is 2.28. The molecule has 2 unspecified atom stereocenters. The van der Waals surface area contributed by atoms with Gasteiger partial charge in [0.2, 0.25) is 11.8 Å². The Kier molecular flexibility index (Phi) is 6.84. The summed E-state index contributed by atoms with van der Waals surface area (Å²) in [6.07, 6.45) is 4.39. The first kappa shape index (κ1) is 16.0. The molecule has 0 spiro atoms. The Morgan fingerprint density at radius 3 is 2.68 bits per heavy atom. The van der Waals surface area contributed by atoms with Gasteiger partial charge in [-0.05, 0) is 45.6 Å². The number of nitrogens with one attached hydrogen (secondary N) is 2. The lowest BCUT2D eigenvalue weighted by Gasteiger charge is -2.27. The first-order valence-corrected chi connectivity index (χ1v) is 7.30. The fourth-order valence-electron chi connectivity index (χ4n) is 2.58. The Morgan fingerprint density at radius 1 is 1.32 bits per heavy atom. The highest BCUT2D eigenvalue weighted by Gasteiger charge is 2.26. The van der Waals surface area contributed by atoms with Gasteiger partial charge in [-0.15, -0.1) is 0 Å². The van der Waals surface area contributed by atoms with Crippen LogP contribution in [-0.4, -0.2) is 30.9 Å². The Balaban J connectivity index is 2.22. The molecule has 110 valence electrons. The van der Waals surface area contributed by atoms with E-state index in [4.69, 9.17) is 5.73 Å². The summed E-state index contributed by atoms with van der Waals surface area (Å²) in [7, 11) is 0. The van der Waals surface area contributed by atoms with E-state index in [0.29, 0.717) is 25.4 Å². The topological polar surface area (TPSA) is 84.2 Å². The van der Waals surface area contributed by atoms with E-state index in [1.807, 2.05) is 13.8 Å². The van der Waals surface area contributed by atoms with Crippen molar-refractivity contribution in [2.75, 3.05) is 13.1 Å². The van der Waals surface area contributed by atoms with Crippen LogP contribution < -0.4 is 16.4 Å². The molecule has 2 atom stereocenters. The van der Waals surface area contributed by atoms with Crippen molar-refractivity contribution in [1.29, 1.82) is 0 Å². The lowest BCUT2D eigenvalue weighted by atomic mass is 9.81. The highest BCUT2D eigenvalue weighted by molar-refractivity contribution is 5.80. The lowest BCUT2D eigenvalue weighted by molar-refractivity contribution is -0.126. The van der Waals surface area contributed by atoms with Crippen LogP contribution in [0.15, 0.2) is 0 Å². The number of carbonyl (C=O) groups is 2. The molecule has 5 nitrogen and oxygen atoms in total. The molecular weight excluding hydrogens is 242 g/mol. The monoisotopic (exact) mass is 269 g/mol. The largest absolute Gasteiger partial charge is 0.355 e. The van der Waals surface area contributed by atoms with Crippen LogP contribution >= 0.6 is 0 Å². The van der Waals surface area contributed by atoms with Gasteiger partial charge in [0.25, 0.3) is 0 Å². The molecule has 0 heterocycles. The number of amides is 2. The van der Waals surface area contributed by atoms with Crippen LogP contribution in [0.3, 0.4) is 0 Å². The minimum absolute atomic E-state index is 0.0150. The summed E-state index contributed by atoms with van der Waals surface area (Å²) in [6.45, 7) is 4.93. The minimum atomic E-state index is -0.0150. The van der Waals surface area contributed by atoms with Crippen molar-refractivity contribution in [3.05, 3.63) is 0 Å². The second-order valence-corrected chi connectivity index (χ2v) is 5.73. The molecule has 0 aromatic heterocycles. The van der Waals surface area contributed by atoms with Gasteiger partial charge in [-0.1, -0.05) is 6.42 Å². The molecule has 2 amide bonds. The molecule has 0 aliphatic heterocycles. The maximum Gasteiger partial charge on any atom is 0.223 e. The number of rotatable bonds is 6. The van der Waals surface area contributed by atoms with Crippen molar-refractivity contribution in [3.8, 4) is 0 Å². The maximum atomic E-state index is 12.0. The van der Waals surface area contributed by atoms with Crippen LogP contribution in [0.2, 0.25) is 0 Å². The van der Waals surface area contributed by atoms with E-state index in [1.165, 1.54) is 0 Å². The standard InChI is InChI=1S/C14H27N3O2/c1-10(2)17-13(18)6-7-16-14(19)12-5-3-4-11(8-12)9-15/h10-12H,3-9,15H2,1-2H3,(H,16,19)(H,17,18). The molecule has 0 saturated heterocycles. The molecule has 4 N–H and O–H groups in total. The average Bonchev–Trinajstić information content (AvgIpc) is 2.37. The molecule has 1 rings (SSSR count). The summed E-state index contributed by atoms with van der Waals surface area (Å²) in [6, 6.07) is 0.145. The van der Waals surface area contributed by atoms with Gasteiger partial charge in [-0.3, -0.25) is 9.59 Å². The fraction of sp³-hybridized carbons (Fsp3) is 0.857. The number of hydrogen-bond donors (Lipinski definition) is 3. The smallest absolute Gasteiger partial charge is 0.223 e. The van der Waals surface area contributed by atoms with E-state index < -0.39 is 0 Å². The molecule has 0 aromatic carbocycles. The van der Waals surface area contributed by atoms with Gasteiger partial charge < -0.3 is 16.4 Å². The molecule has 0 bridgehead atoms. The van der Waals surface area contributed by atoms with Crippen LogP contribution in [0.25, 0.3) is 0 Å². The fourth-order valence-corrected chi connectivity index (χ4v) is 2.58. The van der Waals surface area contributed by atoms with Crippen molar-refractivity contribution < 1.29 is 9.59 Å². The first-order valence-electron chi connectivity index (χ1n) is 7.30. The van der Waals surface area contributed by atoms with E-state index in [9.17, 15) is 9.59 Å². The third kappa shape index (κ3) is 6.05. The second kappa shape index (κ2) is 8.15. The summed E-state index contributed by atoms with van der Waals surface area (Å²) in [5, 5.41) is 5.67. The molecule has 19 heavy (non-hydrogen) atoms. The van der Waals surface area contributed by atoms with Crippen molar-refractivity contribution in [3.63, 3.8) is 0 Å². The Bertz CT molecular complexity index is 305. The maximum absolute atomic E-state index is 12.0. The van der Waals surface area contributed by atoms with Gasteiger partial charge in [-0.2, -0.15) is 0 Å². The average molecular weight is 269 g/mol. The predicted octanol–water partition coefficient (Wildman–Crippen LogP) is 0.782. The summed E-state index contributed by atoms with van der Waals surface area (Å²) in [5.41, 5.74) is 5.67. The van der Waals surface area contributed by atoms with Crippen molar-refractivity contribution in [2.45, 2.75) is 52.0 Å². The van der Waals surface area contributed by atoms with Crippen LogP contribution in [0.4, 0.5) is 0 Å². The Labute approximate surface area is 115 Å². The van der Waals surface area contributed by atoms with Crippen LogP contribution in [-0.2, 0) is 9.59 Å². The van der Waals surface area contributed by atoms with Gasteiger partial charge in [-0.25, -0.2) is 0 Å². The van der Waals surface area contributed by atoms with Crippen LogP contribution in [0, 0.1) is 11.8 Å². The zero-order valence-corrected chi connectivity index (χ0v) is 12.1. The van der Waals surface area contributed by atoms with Crippen molar-refractivity contribution >= 4 is 11.8 Å². The Morgan fingerprint density at radius 2 is 2.05 bits per heavy atom. The molecular formula is C14H27N3O2. The quantitative estimate of drug-likeness (QED) is 0.666. The third-order valence-corrected chi connectivity index (χ3v) is 3.59. The molecule has 0 aromatic rings. The number of nitrogens with two attached hydrogens (primary N) is 1. The predicted molar refractivity (Wildman–Crippen MR) is 75.4 cm³/mol. The normalized spacial score (nSPS) is 23.2. The van der Waals surface area contributed by atoms with Crippen molar-refractivity contribution in [2.24, 2.45) is 17.6 Å². The molecule has 1 aliphatic carbocycles. The summed E-state index contributed by atoms with van der Waals surface area (Å²) in [4.78, 5) is 23.4. The van der Waals surface area contributed by atoms with Crippen LogP contribution in [0.1, 0.15) is 46.0 Å². The van der Waals surface area contributed by atoms with E-state index in [0.717, 1.165) is 25.7 Å². The van der Waals surface area contributed by atoms with Gasteiger partial charge in [0, 0.05) is 24.9 Å². The van der Waals surface area contributed by atoms with Gasteiger partial charge in [0.15, 0.2) is 0 Å². The highest BCUT2D eigenvalue weighted by atomic mass is 16.2. The Hall–Kier alpha value is -1.10. The van der Waals surface area contributed by atoms with E-state index in [1.54, 1.807) is 0 Å². The van der Waals surface area contributed by atoms with Crippen LogP contribution in [0.5, 0.6) is 0 Å². The SMILES string of the molecule is CC(C)NC(=O)CCNC(=O)C1CCCC(CN)C1.